The van der Waals surface area contributed by atoms with Gasteiger partial charge in [-0.15, -0.1) is 0 Å². The van der Waals surface area contributed by atoms with Gasteiger partial charge in [0.2, 0.25) is 0 Å². The highest BCUT2D eigenvalue weighted by Gasteiger charge is 2.32. The highest BCUT2D eigenvalue weighted by Crippen LogP contribution is 2.41. The molecule has 0 unspecified atom stereocenters. The van der Waals surface area contributed by atoms with Crippen molar-refractivity contribution in [2.45, 2.75) is 32.2 Å². The Morgan fingerprint density at radius 1 is 1.05 bits per heavy atom. The standard InChI is InChI=1S/C29H28N2O5S/c1-4-36-25(32)17-24-28(33)31-27(19-10-14-22(35-3)15-11-19)23-7-5-6-20(26(23)30-29(31)37-24)16-18-8-12-21(34-2)13-9-18/h8-17,27H,4-7H2,1-3H3/b20-16+,24-17-/t27-/m0/s1. The van der Waals surface area contributed by atoms with Crippen molar-refractivity contribution < 1.29 is 19.0 Å². The van der Waals surface area contributed by atoms with Crippen LogP contribution in [0.5, 0.6) is 11.5 Å². The van der Waals surface area contributed by atoms with Crippen LogP contribution in [0.3, 0.4) is 0 Å². The number of ether oxygens (including phenoxy) is 3. The minimum absolute atomic E-state index is 0.240. The lowest BCUT2D eigenvalue weighted by molar-refractivity contribution is -0.135. The molecular formula is C29H28N2O5S. The molecule has 1 atom stereocenters. The zero-order valence-electron chi connectivity index (χ0n) is 21.0. The zero-order valence-corrected chi connectivity index (χ0v) is 21.8. The van der Waals surface area contributed by atoms with Gasteiger partial charge in [-0.2, -0.15) is 0 Å². The van der Waals surface area contributed by atoms with Crippen molar-refractivity contribution in [2.24, 2.45) is 4.99 Å². The highest BCUT2D eigenvalue weighted by molar-refractivity contribution is 7.07. The summed E-state index contributed by atoms with van der Waals surface area (Å²) in [6, 6.07) is 15.4. The molecule has 0 saturated carbocycles. The topological polar surface area (TPSA) is 79.1 Å². The van der Waals surface area contributed by atoms with Crippen LogP contribution < -0.4 is 24.4 Å². The Hall–Kier alpha value is -3.91. The molecule has 190 valence electrons. The number of allylic oxidation sites excluding steroid dienone is 2. The Morgan fingerprint density at radius 2 is 1.73 bits per heavy atom. The molecule has 37 heavy (non-hydrogen) atoms. The van der Waals surface area contributed by atoms with Crippen LogP contribution in [-0.2, 0) is 9.53 Å². The predicted molar refractivity (Wildman–Crippen MR) is 143 cm³/mol. The molecule has 2 aliphatic rings. The van der Waals surface area contributed by atoms with Crippen molar-refractivity contribution in [3.8, 4) is 11.5 Å². The number of hydrogen-bond donors (Lipinski definition) is 0. The number of carbonyl (C=O) groups is 1. The third-order valence-corrected chi connectivity index (χ3v) is 7.54. The van der Waals surface area contributed by atoms with Gasteiger partial charge in [-0.05, 0) is 78.8 Å². The molecule has 1 aromatic heterocycles. The number of rotatable bonds is 6. The fraction of sp³-hybridized carbons (Fsp3) is 0.276. The smallest absolute Gasteiger partial charge is 0.332 e. The molecule has 0 fully saturated rings. The van der Waals surface area contributed by atoms with Crippen molar-refractivity contribution in [2.75, 3.05) is 20.8 Å². The summed E-state index contributed by atoms with van der Waals surface area (Å²) in [4.78, 5) is 31.3. The minimum Gasteiger partial charge on any atom is -0.497 e. The fourth-order valence-electron chi connectivity index (χ4n) is 4.84. The van der Waals surface area contributed by atoms with Crippen molar-refractivity contribution in [3.05, 3.63) is 96.2 Å². The summed E-state index contributed by atoms with van der Waals surface area (Å²) in [5.41, 5.74) is 4.95. The molecule has 0 bridgehead atoms. The summed E-state index contributed by atoms with van der Waals surface area (Å²) >= 11 is 1.22. The largest absolute Gasteiger partial charge is 0.497 e. The lowest BCUT2D eigenvalue weighted by atomic mass is 9.84. The van der Waals surface area contributed by atoms with Crippen LogP contribution in [0, 0.1) is 0 Å². The number of hydrogen-bond acceptors (Lipinski definition) is 7. The van der Waals surface area contributed by atoms with Crippen LogP contribution >= 0.6 is 11.3 Å². The van der Waals surface area contributed by atoms with Crippen LogP contribution in [0.1, 0.15) is 43.4 Å². The lowest BCUT2D eigenvalue weighted by Crippen LogP contribution is -2.39. The zero-order chi connectivity index (χ0) is 25.9. The van der Waals surface area contributed by atoms with Gasteiger partial charge >= 0.3 is 5.97 Å². The van der Waals surface area contributed by atoms with E-state index in [-0.39, 0.29) is 18.2 Å². The van der Waals surface area contributed by atoms with E-state index in [1.54, 1.807) is 25.7 Å². The van der Waals surface area contributed by atoms with Crippen molar-refractivity contribution in [1.82, 2.24) is 4.57 Å². The van der Waals surface area contributed by atoms with Gasteiger partial charge in [0, 0.05) is 6.08 Å². The molecule has 0 spiro atoms. The summed E-state index contributed by atoms with van der Waals surface area (Å²) in [6.07, 6.45) is 6.11. The first-order chi connectivity index (χ1) is 18.0. The van der Waals surface area contributed by atoms with Crippen LogP contribution in [0.15, 0.2) is 75.2 Å². The Labute approximate surface area is 218 Å². The van der Waals surface area contributed by atoms with E-state index < -0.39 is 5.97 Å². The molecule has 8 heteroatoms. The maximum atomic E-state index is 13.6. The number of methoxy groups -OCH3 is 2. The predicted octanol–water partition coefficient (Wildman–Crippen LogP) is 4.01. The SMILES string of the molecule is CCOC(=O)/C=c1\sc2n(c1=O)[C@@H](c1ccc(OC)cc1)C1=C(N=2)/C(=C/c2ccc(OC)cc2)CCC1. The molecule has 0 amide bonds. The minimum atomic E-state index is -0.530. The molecular weight excluding hydrogens is 488 g/mol. The second kappa shape index (κ2) is 10.6. The Kier molecular flexibility index (Phi) is 7.10. The fourth-order valence-corrected chi connectivity index (χ4v) is 5.80. The Bertz CT molecular complexity index is 1560. The van der Waals surface area contributed by atoms with E-state index in [9.17, 15) is 9.59 Å². The number of aromatic nitrogens is 1. The normalized spacial score (nSPS) is 18.2. The second-order valence-corrected chi connectivity index (χ2v) is 9.79. The van der Waals surface area contributed by atoms with Crippen molar-refractivity contribution >= 4 is 29.5 Å². The Morgan fingerprint density at radius 3 is 2.38 bits per heavy atom. The summed E-state index contributed by atoms with van der Waals surface area (Å²) in [5, 5.41) is 0. The summed E-state index contributed by atoms with van der Waals surface area (Å²) in [6.45, 7) is 1.98. The summed E-state index contributed by atoms with van der Waals surface area (Å²) in [7, 11) is 3.28. The third-order valence-electron chi connectivity index (χ3n) is 6.56. The second-order valence-electron chi connectivity index (χ2n) is 8.78. The van der Waals surface area contributed by atoms with Crippen LogP contribution in [0.4, 0.5) is 0 Å². The number of thiazole rings is 1. The van der Waals surface area contributed by atoms with E-state index in [1.807, 2.05) is 48.5 Å². The van der Waals surface area contributed by atoms with Gasteiger partial charge in [-0.1, -0.05) is 35.6 Å². The monoisotopic (exact) mass is 516 g/mol. The van der Waals surface area contributed by atoms with Gasteiger partial charge in [-0.3, -0.25) is 9.36 Å². The van der Waals surface area contributed by atoms with Gasteiger partial charge in [0.05, 0.1) is 32.6 Å². The molecule has 0 N–H and O–H groups in total. The molecule has 0 saturated heterocycles. The summed E-state index contributed by atoms with van der Waals surface area (Å²) < 4.78 is 17.7. The average Bonchev–Trinajstić information content (AvgIpc) is 3.22. The first kappa shape index (κ1) is 24.8. The lowest BCUT2D eigenvalue weighted by Gasteiger charge is -2.31. The number of carbonyl (C=O) groups excluding carboxylic acids is 1. The van der Waals surface area contributed by atoms with Gasteiger partial charge in [0.25, 0.3) is 5.56 Å². The summed E-state index contributed by atoms with van der Waals surface area (Å²) in [5.74, 6) is 1.02. The number of fused-ring (bicyclic) bond motifs is 1. The maximum absolute atomic E-state index is 13.6. The average molecular weight is 517 g/mol. The molecule has 2 heterocycles. The van der Waals surface area contributed by atoms with E-state index in [1.165, 1.54) is 17.4 Å². The first-order valence-corrected chi connectivity index (χ1v) is 13.0. The van der Waals surface area contributed by atoms with Gasteiger partial charge < -0.3 is 14.2 Å². The molecule has 1 aliphatic carbocycles. The quantitative estimate of drug-likeness (QED) is 0.463. The molecule has 5 rings (SSSR count). The molecule has 0 radical (unpaired) electrons. The number of esters is 1. The van der Waals surface area contributed by atoms with Gasteiger partial charge in [0.15, 0.2) is 4.80 Å². The third kappa shape index (κ3) is 4.89. The van der Waals surface area contributed by atoms with Crippen LogP contribution in [0.25, 0.3) is 12.2 Å². The first-order valence-electron chi connectivity index (χ1n) is 12.2. The molecule has 7 nitrogen and oxygen atoms in total. The van der Waals surface area contributed by atoms with E-state index in [4.69, 9.17) is 19.2 Å². The Balaban J connectivity index is 1.70. The van der Waals surface area contributed by atoms with E-state index in [0.29, 0.717) is 9.33 Å². The van der Waals surface area contributed by atoms with Crippen molar-refractivity contribution in [1.29, 1.82) is 0 Å². The molecule has 2 aromatic carbocycles. The number of nitrogens with zero attached hydrogens (tertiary/aromatic N) is 2. The van der Waals surface area contributed by atoms with Gasteiger partial charge in [-0.25, -0.2) is 9.79 Å². The van der Waals surface area contributed by atoms with Crippen molar-refractivity contribution in [3.63, 3.8) is 0 Å². The van der Waals surface area contributed by atoms with Crippen LogP contribution in [-0.4, -0.2) is 31.4 Å². The van der Waals surface area contributed by atoms with E-state index in [0.717, 1.165) is 58.7 Å². The number of benzene rings is 2. The molecule has 3 aromatic rings. The van der Waals surface area contributed by atoms with E-state index >= 15 is 0 Å². The highest BCUT2D eigenvalue weighted by atomic mass is 32.1. The maximum Gasteiger partial charge on any atom is 0.332 e. The van der Waals surface area contributed by atoms with Gasteiger partial charge in [0.1, 0.15) is 16.0 Å². The van der Waals surface area contributed by atoms with E-state index in [2.05, 4.69) is 6.08 Å². The van der Waals surface area contributed by atoms with Crippen LogP contribution in [0.2, 0.25) is 0 Å². The molecule has 1 aliphatic heterocycles.